The van der Waals surface area contributed by atoms with E-state index in [1.807, 2.05) is 27.0 Å². The molecule has 1 aliphatic heterocycles. The molecule has 0 aromatic carbocycles. The average Bonchev–Trinajstić information content (AvgIpc) is 2.62. The molecule has 6 heteroatoms. The highest BCUT2D eigenvalue weighted by Gasteiger charge is 2.31. The third-order valence-electron chi connectivity index (χ3n) is 3.14. The summed E-state index contributed by atoms with van der Waals surface area (Å²) in [5, 5.41) is 6.94. The summed E-state index contributed by atoms with van der Waals surface area (Å²) < 4.78 is 1.75. The number of nitrogens with zero attached hydrogens (tertiary/aromatic N) is 3. The van der Waals surface area contributed by atoms with Gasteiger partial charge in [0, 0.05) is 7.05 Å². The topological polar surface area (TPSA) is 67.2 Å². The molecule has 1 fully saturated rings. The molecule has 1 aromatic heterocycles. The van der Waals surface area contributed by atoms with Gasteiger partial charge < -0.3 is 10.2 Å². The van der Waals surface area contributed by atoms with Crippen LogP contribution in [0.25, 0.3) is 0 Å². The number of nitrogens with one attached hydrogen (secondary N) is 1. The third kappa shape index (κ3) is 2.37. The molecule has 0 saturated carbocycles. The Morgan fingerprint density at radius 2 is 2.22 bits per heavy atom. The number of hydrogen-bond acceptors (Lipinski definition) is 3. The van der Waals surface area contributed by atoms with Gasteiger partial charge in [-0.1, -0.05) is 6.92 Å². The molecule has 0 spiro atoms. The van der Waals surface area contributed by atoms with Crippen LogP contribution in [0.3, 0.4) is 0 Å². The summed E-state index contributed by atoms with van der Waals surface area (Å²) in [6, 6.07) is 1.54. The van der Waals surface area contributed by atoms with Gasteiger partial charge >= 0.3 is 0 Å². The van der Waals surface area contributed by atoms with E-state index in [0.29, 0.717) is 13.0 Å². The van der Waals surface area contributed by atoms with Crippen LogP contribution in [0.15, 0.2) is 6.07 Å². The summed E-state index contributed by atoms with van der Waals surface area (Å²) >= 11 is 0. The van der Waals surface area contributed by atoms with Crippen LogP contribution in [0.2, 0.25) is 0 Å². The van der Waals surface area contributed by atoms with Crippen molar-refractivity contribution in [3.8, 4) is 0 Å². The molecule has 1 saturated heterocycles. The first-order chi connectivity index (χ1) is 8.51. The second kappa shape index (κ2) is 4.80. The highest BCUT2D eigenvalue weighted by Crippen LogP contribution is 2.11. The van der Waals surface area contributed by atoms with Crippen molar-refractivity contribution in [3.05, 3.63) is 17.5 Å². The van der Waals surface area contributed by atoms with E-state index < -0.39 is 0 Å². The number of rotatable bonds is 3. The van der Waals surface area contributed by atoms with Gasteiger partial charge in [-0.2, -0.15) is 5.10 Å². The van der Waals surface area contributed by atoms with Crippen molar-refractivity contribution in [3.63, 3.8) is 0 Å². The van der Waals surface area contributed by atoms with Crippen LogP contribution >= 0.6 is 0 Å². The van der Waals surface area contributed by atoms with E-state index >= 15 is 0 Å². The molecule has 0 bridgehead atoms. The number of carbonyl (C=O) groups is 2. The summed E-state index contributed by atoms with van der Waals surface area (Å²) in [5.74, 6) is -0.115. The predicted molar refractivity (Wildman–Crippen MR) is 65.6 cm³/mol. The van der Waals surface area contributed by atoms with Crippen molar-refractivity contribution in [1.82, 2.24) is 20.0 Å². The Balaban J connectivity index is 2.14. The molecule has 1 aliphatic rings. The smallest absolute Gasteiger partial charge is 0.245 e. The molecule has 6 nitrogen and oxygen atoms in total. The molecule has 98 valence electrons. The fourth-order valence-corrected chi connectivity index (χ4v) is 2.19. The molecule has 1 unspecified atom stereocenters. The molecule has 2 amide bonds. The van der Waals surface area contributed by atoms with Gasteiger partial charge in [0.1, 0.15) is 12.6 Å². The first-order valence-corrected chi connectivity index (χ1v) is 6.09. The summed E-state index contributed by atoms with van der Waals surface area (Å²) in [7, 11) is 1.84. The number of aryl methyl sites for hydroxylation is 2. The summed E-state index contributed by atoms with van der Waals surface area (Å²) in [6.45, 7) is 4.35. The minimum atomic E-state index is -0.388. The maximum Gasteiger partial charge on any atom is 0.245 e. The lowest BCUT2D eigenvalue weighted by Crippen LogP contribution is -2.57. The van der Waals surface area contributed by atoms with E-state index in [1.54, 1.807) is 9.58 Å². The Morgan fingerprint density at radius 3 is 2.78 bits per heavy atom. The lowest BCUT2D eigenvalue weighted by molar-refractivity contribution is -0.145. The van der Waals surface area contributed by atoms with Crippen LogP contribution < -0.4 is 5.32 Å². The molecular formula is C12H18N4O2. The number of aromatic nitrogens is 2. The van der Waals surface area contributed by atoms with E-state index in [4.69, 9.17) is 0 Å². The third-order valence-corrected chi connectivity index (χ3v) is 3.14. The Morgan fingerprint density at radius 1 is 1.50 bits per heavy atom. The first-order valence-electron chi connectivity index (χ1n) is 6.09. The largest absolute Gasteiger partial charge is 0.343 e. The number of hydrogen-bond donors (Lipinski definition) is 1. The van der Waals surface area contributed by atoms with Crippen LogP contribution in [0.5, 0.6) is 0 Å². The van der Waals surface area contributed by atoms with Crippen LogP contribution in [0, 0.1) is 6.92 Å². The average molecular weight is 250 g/mol. The van der Waals surface area contributed by atoms with Gasteiger partial charge in [-0.3, -0.25) is 14.3 Å². The molecule has 2 heterocycles. The zero-order valence-corrected chi connectivity index (χ0v) is 10.9. The first kappa shape index (κ1) is 12.6. The molecule has 1 atom stereocenters. The summed E-state index contributed by atoms with van der Waals surface area (Å²) in [4.78, 5) is 25.2. The monoisotopic (exact) mass is 250 g/mol. The molecule has 0 aliphatic carbocycles. The van der Waals surface area contributed by atoms with Crippen molar-refractivity contribution in [2.75, 3.05) is 6.54 Å². The minimum Gasteiger partial charge on any atom is -0.343 e. The minimum absolute atomic E-state index is 0.0176. The van der Waals surface area contributed by atoms with Crippen LogP contribution in [-0.2, 0) is 23.2 Å². The van der Waals surface area contributed by atoms with Gasteiger partial charge in [0.25, 0.3) is 0 Å². The van der Waals surface area contributed by atoms with Gasteiger partial charge in [0.2, 0.25) is 11.8 Å². The van der Waals surface area contributed by atoms with Crippen molar-refractivity contribution in [2.45, 2.75) is 32.9 Å². The van der Waals surface area contributed by atoms with Gasteiger partial charge in [0.05, 0.1) is 17.9 Å². The molecule has 2 rings (SSSR count). The lowest BCUT2D eigenvalue weighted by atomic mass is 10.1. The SMILES string of the molecule is CCC1NC(=O)CN(Cc2cc(C)nn2C)C1=O. The summed E-state index contributed by atoms with van der Waals surface area (Å²) in [6.07, 6.45) is 0.617. The van der Waals surface area contributed by atoms with Crippen molar-refractivity contribution in [1.29, 1.82) is 0 Å². The molecular weight excluding hydrogens is 232 g/mol. The predicted octanol–water partition coefficient (Wildman–Crippen LogP) is -0.0345. The van der Waals surface area contributed by atoms with Gasteiger partial charge in [-0.05, 0) is 19.4 Å². The molecule has 1 aromatic rings. The van der Waals surface area contributed by atoms with E-state index in [-0.39, 0.29) is 24.4 Å². The lowest BCUT2D eigenvalue weighted by Gasteiger charge is -2.31. The second-order valence-electron chi connectivity index (χ2n) is 4.62. The van der Waals surface area contributed by atoms with Crippen molar-refractivity contribution in [2.24, 2.45) is 7.05 Å². The Labute approximate surface area is 106 Å². The van der Waals surface area contributed by atoms with E-state index in [9.17, 15) is 9.59 Å². The van der Waals surface area contributed by atoms with Crippen molar-refractivity contribution < 1.29 is 9.59 Å². The van der Waals surface area contributed by atoms with Crippen molar-refractivity contribution >= 4 is 11.8 Å². The zero-order chi connectivity index (χ0) is 13.3. The number of carbonyl (C=O) groups excluding carboxylic acids is 2. The number of piperazine rings is 1. The molecule has 18 heavy (non-hydrogen) atoms. The van der Waals surface area contributed by atoms with Gasteiger partial charge in [-0.25, -0.2) is 0 Å². The fraction of sp³-hybridized carbons (Fsp3) is 0.583. The fourth-order valence-electron chi connectivity index (χ4n) is 2.19. The summed E-state index contributed by atoms with van der Waals surface area (Å²) in [5.41, 5.74) is 1.85. The van der Waals surface area contributed by atoms with Crippen LogP contribution in [0.1, 0.15) is 24.7 Å². The Hall–Kier alpha value is -1.85. The number of amides is 2. The highest BCUT2D eigenvalue weighted by atomic mass is 16.2. The zero-order valence-electron chi connectivity index (χ0n) is 10.9. The Kier molecular flexibility index (Phi) is 3.36. The maximum atomic E-state index is 12.1. The Bertz CT molecular complexity index is 480. The standard InChI is InChI=1S/C12H18N4O2/c1-4-10-12(18)16(7-11(17)13-10)6-9-5-8(2)14-15(9)3/h5,10H,4,6-7H2,1-3H3,(H,13,17). The van der Waals surface area contributed by atoms with E-state index in [2.05, 4.69) is 10.4 Å². The molecule has 0 radical (unpaired) electrons. The van der Waals surface area contributed by atoms with Gasteiger partial charge in [0.15, 0.2) is 0 Å². The van der Waals surface area contributed by atoms with Crippen LogP contribution in [-0.4, -0.2) is 39.1 Å². The quantitative estimate of drug-likeness (QED) is 0.819. The van der Waals surface area contributed by atoms with Gasteiger partial charge in [-0.15, -0.1) is 0 Å². The highest BCUT2D eigenvalue weighted by molar-refractivity contribution is 5.94. The normalized spacial score (nSPS) is 20.2. The second-order valence-corrected chi connectivity index (χ2v) is 4.62. The van der Waals surface area contributed by atoms with Crippen LogP contribution in [0.4, 0.5) is 0 Å². The molecule has 1 N–H and O–H groups in total. The van der Waals surface area contributed by atoms with E-state index in [0.717, 1.165) is 11.4 Å². The maximum absolute atomic E-state index is 12.1. The van der Waals surface area contributed by atoms with E-state index in [1.165, 1.54) is 0 Å².